The number of nitro groups is 1. The predicted octanol–water partition coefficient (Wildman–Crippen LogP) is 1.09. The molecule has 1 aromatic carbocycles. The first-order valence-electron chi connectivity index (χ1n) is 6.11. The first kappa shape index (κ1) is 14.6. The van der Waals surface area contributed by atoms with Gasteiger partial charge in [-0.05, 0) is 12.0 Å². The standard InChI is InChI=1S/C12H14N2O5S/c15-12-2-1-7-13(8-12)20(18,19)9-10-3-5-11(6-4-10)14(16)17/h3-6H,1-2,7-9H2. The minimum Gasteiger partial charge on any atom is -0.298 e. The van der Waals surface area contributed by atoms with E-state index in [1.807, 2.05) is 0 Å². The van der Waals surface area contributed by atoms with E-state index in [1.165, 1.54) is 28.6 Å². The lowest BCUT2D eigenvalue weighted by atomic mass is 10.1. The molecule has 0 aromatic heterocycles. The van der Waals surface area contributed by atoms with Crippen LogP contribution in [0.2, 0.25) is 0 Å². The largest absolute Gasteiger partial charge is 0.298 e. The van der Waals surface area contributed by atoms with Gasteiger partial charge in [0.25, 0.3) is 5.69 Å². The summed E-state index contributed by atoms with van der Waals surface area (Å²) in [6.07, 6.45) is 0.960. The normalized spacial score (nSPS) is 17.1. The number of Topliss-reactive ketones (excluding diaryl/α,β-unsaturated/α-hetero) is 1. The summed E-state index contributed by atoms with van der Waals surface area (Å²) in [6.45, 7) is 0.274. The Morgan fingerprint density at radius 1 is 1.25 bits per heavy atom. The van der Waals surface area contributed by atoms with Crippen molar-refractivity contribution in [2.75, 3.05) is 13.1 Å². The van der Waals surface area contributed by atoms with E-state index in [4.69, 9.17) is 0 Å². The smallest absolute Gasteiger partial charge is 0.269 e. The molecule has 1 aromatic rings. The number of piperidine rings is 1. The van der Waals surface area contributed by atoms with Crippen molar-refractivity contribution in [3.8, 4) is 0 Å². The van der Waals surface area contributed by atoms with Gasteiger partial charge >= 0.3 is 0 Å². The number of benzene rings is 1. The molecular formula is C12H14N2O5S. The van der Waals surface area contributed by atoms with Gasteiger partial charge in [-0.2, -0.15) is 4.31 Å². The van der Waals surface area contributed by atoms with Gasteiger partial charge < -0.3 is 0 Å². The van der Waals surface area contributed by atoms with Crippen LogP contribution in [0, 0.1) is 10.1 Å². The van der Waals surface area contributed by atoms with E-state index in [0.717, 1.165) is 0 Å². The Morgan fingerprint density at radius 3 is 2.45 bits per heavy atom. The van der Waals surface area contributed by atoms with Crippen LogP contribution in [0.5, 0.6) is 0 Å². The van der Waals surface area contributed by atoms with Crippen LogP contribution in [0.4, 0.5) is 5.69 Å². The Hall–Kier alpha value is -1.80. The molecule has 1 aliphatic rings. The molecule has 0 aliphatic carbocycles. The summed E-state index contributed by atoms with van der Waals surface area (Å²) < 4.78 is 25.5. The van der Waals surface area contributed by atoms with E-state index in [9.17, 15) is 23.3 Å². The van der Waals surface area contributed by atoms with Gasteiger partial charge in [-0.1, -0.05) is 12.1 Å². The Kier molecular flexibility index (Phi) is 4.15. The van der Waals surface area contributed by atoms with Crippen molar-refractivity contribution in [1.82, 2.24) is 4.31 Å². The maximum atomic E-state index is 12.2. The Labute approximate surface area is 116 Å². The van der Waals surface area contributed by atoms with Gasteiger partial charge in [-0.15, -0.1) is 0 Å². The van der Waals surface area contributed by atoms with Crippen molar-refractivity contribution in [3.05, 3.63) is 39.9 Å². The highest BCUT2D eigenvalue weighted by Crippen LogP contribution is 2.18. The van der Waals surface area contributed by atoms with Gasteiger partial charge in [0, 0.05) is 25.1 Å². The zero-order chi connectivity index (χ0) is 14.8. The summed E-state index contributed by atoms with van der Waals surface area (Å²) in [4.78, 5) is 21.3. The van der Waals surface area contributed by atoms with E-state index < -0.39 is 14.9 Å². The van der Waals surface area contributed by atoms with E-state index in [0.29, 0.717) is 24.9 Å². The zero-order valence-electron chi connectivity index (χ0n) is 10.7. The molecule has 0 N–H and O–H groups in total. The summed E-state index contributed by atoms with van der Waals surface area (Å²) in [6, 6.07) is 5.38. The molecule has 0 spiro atoms. The Balaban J connectivity index is 2.11. The third-order valence-corrected chi connectivity index (χ3v) is 4.90. The van der Waals surface area contributed by atoms with Crippen molar-refractivity contribution >= 4 is 21.5 Å². The molecular weight excluding hydrogens is 284 g/mol. The fourth-order valence-electron chi connectivity index (χ4n) is 2.06. The van der Waals surface area contributed by atoms with Gasteiger partial charge in [0.15, 0.2) is 0 Å². The molecule has 7 nitrogen and oxygen atoms in total. The third-order valence-electron chi connectivity index (χ3n) is 3.11. The summed E-state index contributed by atoms with van der Waals surface area (Å²) in [5, 5.41) is 10.5. The molecule has 0 bridgehead atoms. The molecule has 2 rings (SSSR count). The molecule has 0 atom stereocenters. The maximum Gasteiger partial charge on any atom is 0.269 e. The molecule has 0 amide bonds. The monoisotopic (exact) mass is 298 g/mol. The van der Waals surface area contributed by atoms with Gasteiger partial charge in [-0.3, -0.25) is 14.9 Å². The molecule has 1 saturated heterocycles. The molecule has 0 radical (unpaired) electrons. The molecule has 1 aliphatic heterocycles. The fourth-order valence-corrected chi connectivity index (χ4v) is 3.60. The van der Waals surface area contributed by atoms with Crippen LogP contribution < -0.4 is 0 Å². The highest BCUT2D eigenvalue weighted by Gasteiger charge is 2.27. The second-order valence-electron chi connectivity index (χ2n) is 4.66. The minimum absolute atomic E-state index is 0.0741. The lowest BCUT2D eigenvalue weighted by Gasteiger charge is -2.25. The number of nitrogens with zero attached hydrogens (tertiary/aromatic N) is 2. The van der Waals surface area contributed by atoms with Crippen LogP contribution >= 0.6 is 0 Å². The average molecular weight is 298 g/mol. The molecule has 0 unspecified atom stereocenters. The van der Waals surface area contributed by atoms with Gasteiger partial charge in [0.1, 0.15) is 5.78 Å². The summed E-state index contributed by atoms with van der Waals surface area (Å²) in [5.41, 5.74) is 0.382. The number of rotatable bonds is 4. The number of nitro benzene ring substituents is 1. The number of sulfonamides is 1. The number of hydrogen-bond acceptors (Lipinski definition) is 5. The highest BCUT2D eigenvalue weighted by molar-refractivity contribution is 7.88. The van der Waals surface area contributed by atoms with Gasteiger partial charge in [-0.25, -0.2) is 8.42 Å². The first-order chi connectivity index (χ1) is 9.38. The summed E-state index contributed by atoms with van der Waals surface area (Å²) >= 11 is 0. The molecule has 1 fully saturated rings. The van der Waals surface area contributed by atoms with Crippen LogP contribution in [0.1, 0.15) is 18.4 Å². The topological polar surface area (TPSA) is 97.6 Å². The molecule has 108 valence electrons. The zero-order valence-corrected chi connectivity index (χ0v) is 11.5. The predicted molar refractivity (Wildman–Crippen MR) is 71.5 cm³/mol. The van der Waals surface area contributed by atoms with E-state index in [2.05, 4.69) is 0 Å². The van der Waals surface area contributed by atoms with Crippen molar-refractivity contribution < 1.29 is 18.1 Å². The number of hydrogen-bond donors (Lipinski definition) is 0. The van der Waals surface area contributed by atoms with E-state index >= 15 is 0 Å². The quantitative estimate of drug-likeness (QED) is 0.612. The maximum absolute atomic E-state index is 12.2. The van der Waals surface area contributed by atoms with Crippen molar-refractivity contribution in [3.63, 3.8) is 0 Å². The van der Waals surface area contributed by atoms with Crippen molar-refractivity contribution in [1.29, 1.82) is 0 Å². The first-order valence-corrected chi connectivity index (χ1v) is 7.72. The number of carbonyl (C=O) groups is 1. The Bertz CT molecular complexity index is 624. The number of carbonyl (C=O) groups excluding carboxylic acids is 1. The molecule has 8 heteroatoms. The molecule has 20 heavy (non-hydrogen) atoms. The lowest BCUT2D eigenvalue weighted by Crippen LogP contribution is -2.40. The van der Waals surface area contributed by atoms with Crippen LogP contribution in [0.3, 0.4) is 0 Å². The fraction of sp³-hybridized carbons (Fsp3) is 0.417. The van der Waals surface area contributed by atoms with Crippen LogP contribution in [0.15, 0.2) is 24.3 Å². The van der Waals surface area contributed by atoms with Crippen molar-refractivity contribution in [2.45, 2.75) is 18.6 Å². The van der Waals surface area contributed by atoms with E-state index in [1.54, 1.807) is 0 Å². The Morgan fingerprint density at radius 2 is 1.90 bits per heavy atom. The minimum atomic E-state index is -3.56. The third kappa shape index (κ3) is 3.40. The second kappa shape index (κ2) is 5.68. The van der Waals surface area contributed by atoms with Crippen LogP contribution in [-0.4, -0.2) is 36.5 Å². The SMILES string of the molecule is O=C1CCCN(S(=O)(=O)Cc2ccc([N+](=O)[O-])cc2)C1. The van der Waals surface area contributed by atoms with Gasteiger partial charge in [0.05, 0.1) is 17.2 Å². The number of ketones is 1. The highest BCUT2D eigenvalue weighted by atomic mass is 32.2. The second-order valence-corrected chi connectivity index (χ2v) is 6.62. The van der Waals surface area contributed by atoms with Crippen LogP contribution in [-0.2, 0) is 20.6 Å². The summed E-state index contributed by atoms with van der Waals surface area (Å²) in [5.74, 6) is -0.332. The number of non-ortho nitro benzene ring substituents is 1. The van der Waals surface area contributed by atoms with Crippen LogP contribution in [0.25, 0.3) is 0 Å². The summed E-state index contributed by atoms with van der Waals surface area (Å²) in [7, 11) is -3.56. The average Bonchev–Trinajstić information content (AvgIpc) is 2.39. The molecule has 1 heterocycles. The van der Waals surface area contributed by atoms with Gasteiger partial charge in [0.2, 0.25) is 10.0 Å². The molecule has 0 saturated carbocycles. The van der Waals surface area contributed by atoms with Crippen molar-refractivity contribution in [2.24, 2.45) is 0 Å². The van der Waals surface area contributed by atoms with E-state index in [-0.39, 0.29) is 23.8 Å². The lowest BCUT2D eigenvalue weighted by molar-refractivity contribution is -0.384.